The van der Waals surface area contributed by atoms with Gasteiger partial charge in [0.15, 0.2) is 0 Å². The summed E-state index contributed by atoms with van der Waals surface area (Å²) in [6.07, 6.45) is 1.16. The first-order valence-electron chi connectivity index (χ1n) is 2.91. The number of ether oxygens (including phenoxy) is 1. The highest BCUT2D eigenvalue weighted by Gasteiger charge is 2.15. The molecule has 1 rings (SSSR count). The topological polar surface area (TPSA) is 18.5 Å². The summed E-state index contributed by atoms with van der Waals surface area (Å²) in [5.41, 5.74) is 0. The van der Waals surface area contributed by atoms with Crippen LogP contribution in [0.2, 0.25) is 0 Å². The summed E-state index contributed by atoms with van der Waals surface area (Å²) < 4.78 is 10.3. The summed E-state index contributed by atoms with van der Waals surface area (Å²) in [6, 6.07) is 0. The number of halogens is 1. The molecule has 54 valence electrons. The van der Waals surface area contributed by atoms with E-state index in [-0.39, 0.29) is 0 Å². The van der Waals surface area contributed by atoms with Gasteiger partial charge in [-0.05, 0) is 6.42 Å². The highest BCUT2D eigenvalue weighted by Crippen LogP contribution is 2.18. The fraction of sp³-hybridized carbons (Fsp3) is 1.00. The summed E-state index contributed by atoms with van der Waals surface area (Å²) in [5.74, 6) is 0.646. The molecule has 0 saturated carbocycles. The third-order valence-corrected chi connectivity index (χ3v) is 2.36. The molecule has 0 aromatic heterocycles. The molecule has 0 N–H and O–H groups in total. The van der Waals surface area contributed by atoms with Gasteiger partial charge in [0.05, 0.1) is 22.4 Å². The molecule has 1 aliphatic rings. The van der Waals surface area contributed by atoms with Crippen molar-refractivity contribution >= 4 is 30.4 Å². The molecule has 2 nitrogen and oxygen atoms in total. The van der Waals surface area contributed by atoms with Crippen LogP contribution in [0.4, 0.5) is 0 Å². The first kappa shape index (κ1) is 8.10. The van der Waals surface area contributed by atoms with Crippen LogP contribution in [0.5, 0.6) is 0 Å². The predicted octanol–water partition coefficient (Wildman–Crippen LogP) is 2.04. The molecule has 1 atom stereocenters. The second-order valence-electron chi connectivity index (χ2n) is 2.08. The highest BCUT2D eigenvalue weighted by molar-refractivity contribution is 14.2. The Morgan fingerprint density at radius 2 is 2.67 bits per heavy atom. The van der Waals surface area contributed by atoms with Gasteiger partial charge in [-0.3, -0.25) is 0 Å². The van der Waals surface area contributed by atoms with Gasteiger partial charge in [0.2, 0.25) is 0 Å². The van der Waals surface area contributed by atoms with E-state index in [0.717, 1.165) is 26.2 Å². The lowest BCUT2D eigenvalue weighted by atomic mass is 10.1. The highest BCUT2D eigenvalue weighted by atomic mass is 127. The largest absolute Gasteiger partial charge is 0.381 e. The van der Waals surface area contributed by atoms with Crippen LogP contribution in [0.3, 0.4) is 0 Å². The number of hydrogen-bond acceptors (Lipinski definition) is 3. The van der Waals surface area contributed by atoms with Crippen LogP contribution in [-0.4, -0.2) is 19.8 Å². The summed E-state index contributed by atoms with van der Waals surface area (Å²) >= 11 is 2.13. The maximum Gasteiger partial charge on any atom is 0.0674 e. The monoisotopic (exact) mass is 260 g/mol. The van der Waals surface area contributed by atoms with Crippen molar-refractivity contribution in [2.24, 2.45) is 5.92 Å². The van der Waals surface area contributed by atoms with Crippen molar-refractivity contribution in [3.63, 3.8) is 0 Å². The summed E-state index contributed by atoms with van der Waals surface area (Å²) in [5, 5.41) is 0. The van der Waals surface area contributed by atoms with Crippen LogP contribution >= 0.6 is 30.4 Å². The van der Waals surface area contributed by atoms with E-state index < -0.39 is 0 Å². The molecule has 9 heavy (non-hydrogen) atoms. The Kier molecular flexibility index (Phi) is 4.28. The van der Waals surface area contributed by atoms with Gasteiger partial charge >= 0.3 is 0 Å². The minimum atomic E-state index is 0.646. The van der Waals surface area contributed by atoms with Gasteiger partial charge in [-0.2, -0.15) is 0 Å². The zero-order valence-corrected chi connectivity index (χ0v) is 7.98. The summed E-state index contributed by atoms with van der Waals surface area (Å²) in [6.45, 7) is 2.64. The van der Waals surface area contributed by atoms with E-state index in [2.05, 4.69) is 21.2 Å². The van der Waals surface area contributed by atoms with Crippen molar-refractivity contribution in [2.75, 3.05) is 19.8 Å². The standard InChI is InChI=1S/C5H9IO2S/c6-9-8-4-5-1-2-7-3-5/h5H,1-4H2/t5-/m1/s1. The molecule has 1 saturated heterocycles. The summed E-state index contributed by atoms with van der Waals surface area (Å²) in [7, 11) is 1.40. The molecule has 0 unspecified atom stereocenters. The lowest BCUT2D eigenvalue weighted by Gasteiger charge is -2.03. The van der Waals surface area contributed by atoms with E-state index in [1.807, 2.05) is 0 Å². The van der Waals surface area contributed by atoms with Crippen LogP contribution in [-0.2, 0) is 8.92 Å². The van der Waals surface area contributed by atoms with Gasteiger partial charge in [0.1, 0.15) is 0 Å². The maximum atomic E-state index is 5.16. The number of rotatable bonds is 3. The van der Waals surface area contributed by atoms with Gasteiger partial charge in [0.25, 0.3) is 0 Å². The van der Waals surface area contributed by atoms with Gasteiger partial charge in [-0.1, -0.05) is 0 Å². The van der Waals surface area contributed by atoms with Crippen LogP contribution in [0.25, 0.3) is 0 Å². The first-order valence-corrected chi connectivity index (χ1v) is 6.20. The molecule has 1 aliphatic heterocycles. The predicted molar refractivity (Wildman–Crippen MR) is 46.5 cm³/mol. The third-order valence-electron chi connectivity index (χ3n) is 1.37. The molecule has 1 fully saturated rings. The Morgan fingerprint density at radius 1 is 1.78 bits per heavy atom. The normalized spacial score (nSPS) is 27.0. The SMILES string of the molecule is ISOC[C@@H]1CCOC1. The second-order valence-corrected chi connectivity index (χ2v) is 3.52. The lowest BCUT2D eigenvalue weighted by Crippen LogP contribution is -2.05. The Hall–Kier alpha value is 1.00. The van der Waals surface area contributed by atoms with Crippen LogP contribution in [0, 0.1) is 5.92 Å². The minimum Gasteiger partial charge on any atom is -0.381 e. The van der Waals surface area contributed by atoms with E-state index in [0.29, 0.717) is 5.92 Å². The Morgan fingerprint density at radius 3 is 3.22 bits per heavy atom. The van der Waals surface area contributed by atoms with E-state index in [1.165, 1.54) is 9.21 Å². The lowest BCUT2D eigenvalue weighted by molar-refractivity contribution is 0.173. The molecule has 4 heteroatoms. The van der Waals surface area contributed by atoms with Crippen LogP contribution in [0.15, 0.2) is 0 Å². The fourth-order valence-electron chi connectivity index (χ4n) is 0.837. The number of hydrogen-bond donors (Lipinski definition) is 0. The van der Waals surface area contributed by atoms with Crippen molar-refractivity contribution in [2.45, 2.75) is 6.42 Å². The third kappa shape index (κ3) is 3.06. The molecule has 1 heterocycles. The molecule has 0 spiro atoms. The fourth-order valence-corrected chi connectivity index (χ4v) is 1.52. The van der Waals surface area contributed by atoms with Gasteiger partial charge < -0.3 is 8.92 Å². The van der Waals surface area contributed by atoms with E-state index in [4.69, 9.17) is 8.92 Å². The van der Waals surface area contributed by atoms with Crippen molar-refractivity contribution in [1.29, 1.82) is 0 Å². The molecule has 0 aromatic carbocycles. The minimum absolute atomic E-state index is 0.646. The Bertz CT molecular complexity index is 75.4. The average molecular weight is 260 g/mol. The average Bonchev–Trinajstić information content (AvgIpc) is 2.34. The molecule has 0 radical (unpaired) electrons. The molecule has 0 amide bonds. The summed E-state index contributed by atoms with van der Waals surface area (Å²) in [4.78, 5) is 0. The zero-order chi connectivity index (χ0) is 6.53. The van der Waals surface area contributed by atoms with Crippen molar-refractivity contribution in [3.05, 3.63) is 0 Å². The quantitative estimate of drug-likeness (QED) is 0.571. The zero-order valence-electron chi connectivity index (χ0n) is 5.01. The molecular weight excluding hydrogens is 251 g/mol. The van der Waals surface area contributed by atoms with Crippen LogP contribution < -0.4 is 0 Å². The van der Waals surface area contributed by atoms with E-state index in [1.54, 1.807) is 0 Å². The molecule has 0 aliphatic carbocycles. The van der Waals surface area contributed by atoms with E-state index in [9.17, 15) is 0 Å². The van der Waals surface area contributed by atoms with Gasteiger partial charge in [-0.15, -0.1) is 0 Å². The van der Waals surface area contributed by atoms with Gasteiger partial charge in [-0.25, -0.2) is 0 Å². The first-order chi connectivity index (χ1) is 4.43. The molecule has 0 bridgehead atoms. The van der Waals surface area contributed by atoms with Crippen LogP contribution in [0.1, 0.15) is 6.42 Å². The van der Waals surface area contributed by atoms with Crippen molar-refractivity contribution < 1.29 is 8.92 Å². The second kappa shape index (κ2) is 4.76. The molecular formula is C5H9IO2S. The van der Waals surface area contributed by atoms with Crippen molar-refractivity contribution in [3.8, 4) is 0 Å². The molecule has 0 aromatic rings. The smallest absolute Gasteiger partial charge is 0.0674 e. The van der Waals surface area contributed by atoms with Crippen molar-refractivity contribution in [1.82, 2.24) is 0 Å². The Balaban J connectivity index is 1.98. The van der Waals surface area contributed by atoms with E-state index >= 15 is 0 Å². The Labute approximate surface area is 71.5 Å². The van der Waals surface area contributed by atoms with Gasteiger partial charge in [0, 0.05) is 33.7 Å². The maximum absolute atomic E-state index is 5.16.